The fraction of sp³-hybridized carbons (Fsp3) is 0.448. The maximum absolute atomic E-state index is 13.4. The lowest BCUT2D eigenvalue weighted by Crippen LogP contribution is -2.49. The van der Waals surface area contributed by atoms with E-state index in [1.807, 2.05) is 0 Å². The number of carboxylic acid groups (broad SMARTS) is 1. The van der Waals surface area contributed by atoms with Gasteiger partial charge in [0.1, 0.15) is 6.04 Å². The summed E-state index contributed by atoms with van der Waals surface area (Å²) in [6.45, 7) is 0.541. The maximum Gasteiger partial charge on any atom is 0.326 e. The van der Waals surface area contributed by atoms with E-state index >= 15 is 0 Å². The summed E-state index contributed by atoms with van der Waals surface area (Å²) >= 11 is 12.2. The van der Waals surface area contributed by atoms with Crippen molar-refractivity contribution in [1.29, 1.82) is 0 Å². The van der Waals surface area contributed by atoms with Crippen LogP contribution in [0.3, 0.4) is 0 Å². The van der Waals surface area contributed by atoms with Crippen LogP contribution in [0.5, 0.6) is 0 Å². The van der Waals surface area contributed by atoms with Gasteiger partial charge in [-0.15, -0.1) is 0 Å². The zero-order valence-electron chi connectivity index (χ0n) is 22.6. The molecule has 3 amide bonds. The number of aliphatic hydroxyl groups is 1. The summed E-state index contributed by atoms with van der Waals surface area (Å²) in [7, 11) is 0. The highest BCUT2D eigenvalue weighted by atomic mass is 35.5. The van der Waals surface area contributed by atoms with Gasteiger partial charge in [-0.05, 0) is 49.1 Å². The van der Waals surface area contributed by atoms with E-state index in [0.717, 1.165) is 12.8 Å². The second-order valence-corrected chi connectivity index (χ2v) is 10.8. The first-order chi connectivity index (χ1) is 19.6. The van der Waals surface area contributed by atoms with Crippen molar-refractivity contribution in [3.05, 3.63) is 63.6 Å². The Hall–Kier alpha value is -3.18. The highest BCUT2D eigenvalue weighted by Gasteiger charge is 2.42. The number of amides is 3. The third-order valence-corrected chi connectivity index (χ3v) is 7.75. The minimum Gasteiger partial charge on any atom is -0.480 e. The van der Waals surface area contributed by atoms with Crippen LogP contribution in [-0.2, 0) is 25.5 Å². The Bertz CT molecular complexity index is 1200. The van der Waals surface area contributed by atoms with E-state index in [0.29, 0.717) is 30.5 Å². The molecule has 1 atom stereocenters. The minimum absolute atomic E-state index is 0.0479. The molecule has 10 nitrogen and oxygen atoms in total. The summed E-state index contributed by atoms with van der Waals surface area (Å²) < 4.78 is 5.10. The molecular weight excluding hydrogens is 573 g/mol. The van der Waals surface area contributed by atoms with Gasteiger partial charge < -0.3 is 30.9 Å². The van der Waals surface area contributed by atoms with Gasteiger partial charge in [0.25, 0.3) is 5.91 Å². The Balaban J connectivity index is 1.57. The van der Waals surface area contributed by atoms with E-state index in [2.05, 4.69) is 16.0 Å². The third-order valence-electron chi connectivity index (χ3n) is 7.12. The Morgan fingerprint density at radius 1 is 0.976 bits per heavy atom. The number of hydrogen-bond donors (Lipinski definition) is 5. The summed E-state index contributed by atoms with van der Waals surface area (Å²) in [5.41, 5.74) is 0.531. The molecule has 1 fully saturated rings. The van der Waals surface area contributed by atoms with Gasteiger partial charge in [0.05, 0.1) is 40.8 Å². The molecule has 1 aliphatic carbocycles. The zero-order chi connectivity index (χ0) is 29.8. The molecule has 0 aromatic heterocycles. The number of aliphatic carboxylic acids is 1. The smallest absolute Gasteiger partial charge is 0.326 e. The molecule has 0 saturated heterocycles. The van der Waals surface area contributed by atoms with Gasteiger partial charge in [0.2, 0.25) is 11.8 Å². The molecule has 1 aliphatic rings. The number of rotatable bonds is 15. The van der Waals surface area contributed by atoms with E-state index < -0.39 is 23.3 Å². The van der Waals surface area contributed by atoms with Crippen LogP contribution in [0.1, 0.15) is 54.4 Å². The average Bonchev–Trinajstić information content (AvgIpc) is 3.42. The summed E-state index contributed by atoms with van der Waals surface area (Å²) in [5, 5.41) is 27.3. The minimum atomic E-state index is -1.16. The Morgan fingerprint density at radius 2 is 1.63 bits per heavy atom. The van der Waals surface area contributed by atoms with Crippen LogP contribution in [0.2, 0.25) is 10.0 Å². The molecule has 2 aromatic carbocycles. The van der Waals surface area contributed by atoms with Crippen molar-refractivity contribution in [2.24, 2.45) is 5.41 Å². The standard InChI is InChI=1S/C29H35Cl2N3O7/c30-21-4-3-5-22(31)25(21)26(37)33-20-8-6-19(7-9-20)18-23(27(38)39)34-28(40)29(11-1-2-12-29)13-14-32-24(36)10-16-41-17-15-35/h3-9,23,35H,1-2,10-18H2,(H,32,36)(H,33,37)(H,34,40)(H,38,39)/t23-/m0/s1. The summed E-state index contributed by atoms with van der Waals surface area (Å²) in [4.78, 5) is 50.1. The van der Waals surface area contributed by atoms with E-state index in [-0.39, 0.29) is 66.6 Å². The molecule has 41 heavy (non-hydrogen) atoms. The lowest BCUT2D eigenvalue weighted by atomic mass is 9.81. The number of halogens is 2. The lowest BCUT2D eigenvalue weighted by Gasteiger charge is -2.29. The van der Waals surface area contributed by atoms with Crippen molar-refractivity contribution in [1.82, 2.24) is 10.6 Å². The molecule has 2 aromatic rings. The predicted octanol–water partition coefficient (Wildman–Crippen LogP) is 3.82. The van der Waals surface area contributed by atoms with Crippen LogP contribution in [0.4, 0.5) is 5.69 Å². The van der Waals surface area contributed by atoms with Crippen LogP contribution in [0.25, 0.3) is 0 Å². The molecule has 0 unspecified atom stereocenters. The Labute approximate surface area is 248 Å². The van der Waals surface area contributed by atoms with Crippen molar-refractivity contribution >= 4 is 52.6 Å². The molecule has 0 aliphatic heterocycles. The number of nitrogens with one attached hydrogen (secondary N) is 3. The molecule has 0 spiro atoms. The van der Waals surface area contributed by atoms with Gasteiger partial charge >= 0.3 is 5.97 Å². The van der Waals surface area contributed by atoms with Gasteiger partial charge in [-0.25, -0.2) is 4.79 Å². The molecule has 0 heterocycles. The first-order valence-corrected chi connectivity index (χ1v) is 14.2. The molecule has 1 saturated carbocycles. The highest BCUT2D eigenvalue weighted by molar-refractivity contribution is 6.40. The number of carbonyl (C=O) groups is 4. The van der Waals surface area contributed by atoms with Crippen molar-refractivity contribution in [2.45, 2.75) is 51.0 Å². The van der Waals surface area contributed by atoms with Gasteiger partial charge in [-0.2, -0.15) is 0 Å². The van der Waals surface area contributed by atoms with Crippen molar-refractivity contribution in [2.75, 3.05) is 31.7 Å². The number of aliphatic hydroxyl groups excluding tert-OH is 1. The van der Waals surface area contributed by atoms with E-state index in [1.54, 1.807) is 42.5 Å². The molecular formula is C29H35Cl2N3O7. The largest absolute Gasteiger partial charge is 0.480 e. The Morgan fingerprint density at radius 3 is 2.24 bits per heavy atom. The van der Waals surface area contributed by atoms with Crippen molar-refractivity contribution in [3.63, 3.8) is 0 Å². The summed E-state index contributed by atoms with van der Waals surface area (Å²) in [6, 6.07) is 10.2. The topological polar surface area (TPSA) is 154 Å². The number of hydrogen-bond acceptors (Lipinski definition) is 6. The van der Waals surface area contributed by atoms with Crippen LogP contribution >= 0.6 is 23.2 Å². The third kappa shape index (κ3) is 9.43. The fourth-order valence-corrected chi connectivity index (χ4v) is 5.45. The zero-order valence-corrected chi connectivity index (χ0v) is 24.1. The maximum atomic E-state index is 13.4. The van der Waals surface area contributed by atoms with Crippen molar-refractivity contribution in [3.8, 4) is 0 Å². The van der Waals surface area contributed by atoms with Crippen LogP contribution in [0.15, 0.2) is 42.5 Å². The summed E-state index contributed by atoms with van der Waals surface area (Å²) in [6.07, 6.45) is 3.53. The Kier molecular flexibility index (Phi) is 12.4. The number of carboxylic acids is 1. The molecule has 12 heteroatoms. The fourth-order valence-electron chi connectivity index (χ4n) is 4.88. The first-order valence-electron chi connectivity index (χ1n) is 13.5. The second-order valence-electron chi connectivity index (χ2n) is 9.99. The predicted molar refractivity (Wildman–Crippen MR) is 155 cm³/mol. The van der Waals surface area contributed by atoms with E-state index in [9.17, 15) is 24.3 Å². The molecule has 5 N–H and O–H groups in total. The molecule has 0 bridgehead atoms. The quantitative estimate of drug-likeness (QED) is 0.193. The monoisotopic (exact) mass is 607 g/mol. The van der Waals surface area contributed by atoms with Crippen molar-refractivity contribution < 1.29 is 34.1 Å². The molecule has 222 valence electrons. The van der Waals surface area contributed by atoms with E-state index in [4.69, 9.17) is 33.0 Å². The lowest BCUT2D eigenvalue weighted by molar-refractivity contribution is -0.144. The molecule has 3 rings (SSSR count). The first kappa shape index (κ1) is 32.3. The second kappa shape index (κ2) is 15.7. The van der Waals surface area contributed by atoms with Crippen LogP contribution < -0.4 is 16.0 Å². The molecule has 0 radical (unpaired) electrons. The van der Waals surface area contributed by atoms with Gasteiger partial charge in [-0.3, -0.25) is 14.4 Å². The van der Waals surface area contributed by atoms with Gasteiger partial charge in [-0.1, -0.05) is 54.2 Å². The number of ether oxygens (including phenoxy) is 1. The summed E-state index contributed by atoms with van der Waals surface area (Å²) in [5.74, 6) is -2.18. The van der Waals surface area contributed by atoms with Gasteiger partial charge in [0.15, 0.2) is 0 Å². The van der Waals surface area contributed by atoms with Gasteiger partial charge in [0, 0.05) is 25.1 Å². The van der Waals surface area contributed by atoms with Crippen LogP contribution in [-0.4, -0.2) is 66.3 Å². The van der Waals surface area contributed by atoms with E-state index in [1.165, 1.54) is 0 Å². The van der Waals surface area contributed by atoms with Crippen LogP contribution in [0, 0.1) is 5.41 Å². The normalized spacial score (nSPS) is 14.7. The SMILES string of the molecule is O=C(CCOCCO)NCCC1(C(=O)N[C@@H](Cc2ccc(NC(=O)c3c(Cl)cccc3Cl)cc2)C(=O)O)CCCC1. The number of anilines is 1. The average molecular weight is 609 g/mol. The highest BCUT2D eigenvalue weighted by Crippen LogP contribution is 2.41. The number of carbonyl (C=O) groups excluding carboxylic acids is 3. The number of benzene rings is 2.